The quantitative estimate of drug-likeness (QED) is 0.177. The van der Waals surface area contributed by atoms with E-state index < -0.39 is 0 Å². The Labute approximate surface area is 251 Å². The van der Waals surface area contributed by atoms with Crippen LogP contribution >= 0.6 is 11.3 Å². The molecule has 0 spiro atoms. The minimum absolute atomic E-state index is 0.234. The lowest BCUT2D eigenvalue weighted by Crippen LogP contribution is -2.23. The van der Waals surface area contributed by atoms with Crippen molar-refractivity contribution in [2.75, 3.05) is 13.2 Å². The highest BCUT2D eigenvalue weighted by atomic mass is 32.1. The Kier molecular flexibility index (Phi) is 8.06. The van der Waals surface area contributed by atoms with E-state index >= 15 is 0 Å². The molecule has 3 heterocycles. The average molecular weight is 586 g/mol. The van der Waals surface area contributed by atoms with E-state index in [1.165, 1.54) is 15.9 Å². The predicted molar refractivity (Wildman–Crippen MR) is 172 cm³/mol. The fourth-order valence-corrected chi connectivity index (χ4v) is 5.26. The smallest absolute Gasteiger partial charge is 0.291 e. The molecular formula is C34H27N5O3S. The van der Waals surface area contributed by atoms with E-state index in [0.717, 1.165) is 39.6 Å². The summed E-state index contributed by atoms with van der Waals surface area (Å²) in [6.45, 7) is 8.23. The number of hydrogen-bond acceptors (Lipinski definition) is 7. The molecule has 0 atom stereocenters. The number of para-hydroxylation sites is 1. The van der Waals surface area contributed by atoms with E-state index in [1.54, 1.807) is 18.2 Å². The number of aromatic nitrogens is 5. The highest BCUT2D eigenvalue weighted by Gasteiger charge is 2.14. The van der Waals surface area contributed by atoms with E-state index in [4.69, 9.17) is 14.6 Å². The van der Waals surface area contributed by atoms with Crippen molar-refractivity contribution in [3.05, 3.63) is 142 Å². The SMILES string of the molecule is C=CCOc1ccc(/C=C/c2nc3s/c(=C\c4cn(-c5ccccc5)nc4-c4ccc(OCC=C)cc4)c(=O)n3n2)cc1. The highest BCUT2D eigenvalue weighted by molar-refractivity contribution is 7.15. The number of ether oxygens (including phenoxy) is 2. The van der Waals surface area contributed by atoms with Gasteiger partial charge in [-0.3, -0.25) is 4.79 Å². The molecule has 0 amide bonds. The van der Waals surface area contributed by atoms with Crippen molar-refractivity contribution in [1.29, 1.82) is 0 Å². The summed E-state index contributed by atoms with van der Waals surface area (Å²) in [5.74, 6) is 1.96. The Morgan fingerprint density at radius 1 is 0.814 bits per heavy atom. The van der Waals surface area contributed by atoms with E-state index in [9.17, 15) is 4.79 Å². The molecule has 0 aliphatic carbocycles. The molecule has 6 aromatic rings. The first kappa shape index (κ1) is 27.6. The number of benzene rings is 3. The lowest BCUT2D eigenvalue weighted by molar-refractivity contribution is 0.363. The van der Waals surface area contributed by atoms with Gasteiger partial charge in [0.1, 0.15) is 30.4 Å². The first-order valence-electron chi connectivity index (χ1n) is 13.5. The lowest BCUT2D eigenvalue weighted by atomic mass is 10.1. The fourth-order valence-electron chi connectivity index (χ4n) is 4.36. The van der Waals surface area contributed by atoms with Crippen molar-refractivity contribution in [3.8, 4) is 28.4 Å². The lowest BCUT2D eigenvalue weighted by Gasteiger charge is -2.04. The Bertz CT molecular complexity index is 2020. The van der Waals surface area contributed by atoms with Crippen molar-refractivity contribution in [3.63, 3.8) is 0 Å². The van der Waals surface area contributed by atoms with Crippen LogP contribution < -0.4 is 19.6 Å². The van der Waals surface area contributed by atoms with Gasteiger partial charge < -0.3 is 9.47 Å². The van der Waals surface area contributed by atoms with Crippen molar-refractivity contribution < 1.29 is 9.47 Å². The van der Waals surface area contributed by atoms with Crippen LogP contribution in [0.25, 0.3) is 40.1 Å². The van der Waals surface area contributed by atoms with E-state index in [2.05, 4.69) is 23.2 Å². The Balaban J connectivity index is 1.32. The topological polar surface area (TPSA) is 83.5 Å². The zero-order chi connectivity index (χ0) is 29.6. The molecule has 212 valence electrons. The molecule has 0 aliphatic heterocycles. The number of hydrogen-bond donors (Lipinski definition) is 0. The van der Waals surface area contributed by atoms with Gasteiger partial charge in [0.15, 0.2) is 5.82 Å². The zero-order valence-electron chi connectivity index (χ0n) is 23.2. The van der Waals surface area contributed by atoms with Gasteiger partial charge in [0.2, 0.25) is 4.96 Å². The van der Waals surface area contributed by atoms with Crippen LogP contribution in [-0.2, 0) is 0 Å². The Morgan fingerprint density at radius 3 is 2.14 bits per heavy atom. The van der Waals surface area contributed by atoms with Gasteiger partial charge in [-0.25, -0.2) is 4.68 Å². The molecule has 8 nitrogen and oxygen atoms in total. The van der Waals surface area contributed by atoms with Gasteiger partial charge in [-0.2, -0.15) is 14.6 Å². The molecule has 0 aliphatic rings. The van der Waals surface area contributed by atoms with Gasteiger partial charge in [-0.1, -0.05) is 73.1 Å². The van der Waals surface area contributed by atoms with Crippen molar-refractivity contribution in [1.82, 2.24) is 24.4 Å². The largest absolute Gasteiger partial charge is 0.490 e. The summed E-state index contributed by atoms with van der Waals surface area (Å²) in [7, 11) is 0. The van der Waals surface area contributed by atoms with Crippen LogP contribution in [0.4, 0.5) is 0 Å². The van der Waals surface area contributed by atoms with E-state index in [0.29, 0.717) is 28.5 Å². The summed E-state index contributed by atoms with van der Waals surface area (Å²) in [6.07, 6.45) is 10.9. The number of fused-ring (bicyclic) bond motifs is 1. The molecule has 0 N–H and O–H groups in total. The molecule has 0 saturated carbocycles. The second-order valence-corrected chi connectivity index (χ2v) is 10.4. The Morgan fingerprint density at radius 2 is 1.49 bits per heavy atom. The fraction of sp³-hybridized carbons (Fsp3) is 0.0588. The van der Waals surface area contributed by atoms with Gasteiger partial charge >= 0.3 is 0 Å². The minimum atomic E-state index is -0.234. The van der Waals surface area contributed by atoms with Crippen LogP contribution in [-0.4, -0.2) is 37.6 Å². The van der Waals surface area contributed by atoms with Crippen molar-refractivity contribution >= 4 is 34.5 Å². The normalized spacial score (nSPS) is 11.8. The minimum Gasteiger partial charge on any atom is -0.490 e. The molecule has 0 saturated heterocycles. The van der Waals surface area contributed by atoms with Crippen molar-refractivity contribution in [2.24, 2.45) is 0 Å². The molecule has 9 heteroatoms. The third kappa shape index (κ3) is 6.22. The number of rotatable bonds is 11. The van der Waals surface area contributed by atoms with E-state index in [-0.39, 0.29) is 5.56 Å². The van der Waals surface area contributed by atoms with Gasteiger partial charge in [0.25, 0.3) is 5.56 Å². The summed E-state index contributed by atoms with van der Waals surface area (Å²) in [5.41, 5.74) is 4.07. The van der Waals surface area contributed by atoms with Crippen LogP contribution in [0.2, 0.25) is 0 Å². The van der Waals surface area contributed by atoms with Crippen LogP contribution in [0, 0.1) is 0 Å². The molecule has 3 aromatic heterocycles. The molecule has 3 aromatic carbocycles. The third-order valence-corrected chi connectivity index (χ3v) is 7.38. The second kappa shape index (κ2) is 12.5. The molecular weight excluding hydrogens is 558 g/mol. The molecule has 0 radical (unpaired) electrons. The molecule has 6 rings (SSSR count). The number of thiazole rings is 1. The van der Waals surface area contributed by atoms with Crippen LogP contribution in [0.5, 0.6) is 11.5 Å². The van der Waals surface area contributed by atoms with Crippen molar-refractivity contribution in [2.45, 2.75) is 0 Å². The monoisotopic (exact) mass is 585 g/mol. The van der Waals surface area contributed by atoms with Gasteiger partial charge in [-0.05, 0) is 66.2 Å². The third-order valence-electron chi connectivity index (χ3n) is 6.42. The van der Waals surface area contributed by atoms with Gasteiger partial charge in [0.05, 0.1) is 10.2 Å². The first-order chi connectivity index (χ1) is 21.1. The summed E-state index contributed by atoms with van der Waals surface area (Å²) < 4.78 is 14.8. The molecule has 0 fully saturated rings. The maximum Gasteiger partial charge on any atom is 0.291 e. The standard InChI is InChI=1S/C34H27N5O3S/c1-3-20-41-28-15-10-24(11-16-28)12-19-31-35-34-39(36-31)33(40)30(43-34)22-26-23-38(27-8-6-5-7-9-27)37-32(26)25-13-17-29(18-14-25)42-21-4-2/h3-19,22-23H,1-2,20-21H2/b19-12+,30-22-. The first-order valence-corrected chi connectivity index (χ1v) is 14.4. The maximum absolute atomic E-state index is 13.4. The second-order valence-electron chi connectivity index (χ2n) is 9.42. The summed E-state index contributed by atoms with van der Waals surface area (Å²) >= 11 is 1.29. The summed E-state index contributed by atoms with van der Waals surface area (Å²) in [6, 6.07) is 25.2. The van der Waals surface area contributed by atoms with Crippen LogP contribution in [0.3, 0.4) is 0 Å². The van der Waals surface area contributed by atoms with Crippen LogP contribution in [0.15, 0.2) is 115 Å². The number of nitrogens with zero attached hydrogens (tertiary/aromatic N) is 5. The summed E-state index contributed by atoms with van der Waals surface area (Å²) in [4.78, 5) is 18.4. The summed E-state index contributed by atoms with van der Waals surface area (Å²) in [5, 5.41) is 9.30. The maximum atomic E-state index is 13.4. The molecule has 0 bridgehead atoms. The van der Waals surface area contributed by atoms with Gasteiger partial charge in [-0.15, -0.1) is 5.10 Å². The van der Waals surface area contributed by atoms with E-state index in [1.807, 2.05) is 102 Å². The predicted octanol–water partition coefficient (Wildman–Crippen LogP) is 5.85. The molecule has 43 heavy (non-hydrogen) atoms. The Hall–Kier alpha value is -5.54. The zero-order valence-corrected chi connectivity index (χ0v) is 24.0. The highest BCUT2D eigenvalue weighted by Crippen LogP contribution is 2.26. The van der Waals surface area contributed by atoms with Crippen LogP contribution in [0.1, 0.15) is 17.0 Å². The molecule has 0 unspecified atom stereocenters. The van der Waals surface area contributed by atoms with Gasteiger partial charge in [0, 0.05) is 17.3 Å². The average Bonchev–Trinajstić information content (AvgIpc) is 3.73.